The smallest absolute Gasteiger partial charge is 0.430 e. The highest BCUT2D eigenvalue weighted by molar-refractivity contribution is 5.64. The van der Waals surface area contributed by atoms with Crippen molar-refractivity contribution in [1.82, 2.24) is 0 Å². The van der Waals surface area contributed by atoms with Gasteiger partial charge < -0.3 is 34.9 Å². The van der Waals surface area contributed by atoms with Gasteiger partial charge >= 0.3 is 6.16 Å². The van der Waals surface area contributed by atoms with E-state index >= 15 is 0 Å². The van der Waals surface area contributed by atoms with Gasteiger partial charge in [0, 0.05) is 12.0 Å². The second kappa shape index (κ2) is 10.6. The van der Waals surface area contributed by atoms with Crippen molar-refractivity contribution in [3.05, 3.63) is 30.3 Å². The van der Waals surface area contributed by atoms with Crippen LogP contribution in [0.2, 0.25) is 0 Å². The fraction of sp³-hybridized carbons (Fsp3) is 0.816. The molecule has 1 aromatic rings. The molecular formula is C38H57NO7. The second-order valence-electron chi connectivity index (χ2n) is 17.5. The summed E-state index contributed by atoms with van der Waals surface area (Å²) in [5.74, 6) is 1.53. The summed E-state index contributed by atoms with van der Waals surface area (Å²) in [5, 5.41) is 23.4. The van der Waals surface area contributed by atoms with E-state index in [2.05, 4.69) is 27.7 Å². The highest BCUT2D eigenvalue weighted by Gasteiger charge is 2.85. The Bertz CT molecular complexity index is 1330. The molecule has 46 heavy (non-hydrogen) atoms. The summed E-state index contributed by atoms with van der Waals surface area (Å²) in [6.45, 7) is 15.2. The molecule has 1 saturated heterocycles. The van der Waals surface area contributed by atoms with Gasteiger partial charge in [0.25, 0.3) is 0 Å². The monoisotopic (exact) mass is 639 g/mol. The maximum absolute atomic E-state index is 12.9. The SMILES string of the molecule is CCOC(C1CC(C)C2C(O1)C(O)C1(N)C3CCC4C(C)(C)C(OC(=O)Oc5ccccc5)CCC45CC35CCC21C)C(C)(C)O. The number of carbonyl (C=O) groups is 1. The van der Waals surface area contributed by atoms with Crippen molar-refractivity contribution >= 4 is 6.16 Å². The molecule has 1 heterocycles. The first-order chi connectivity index (χ1) is 21.6. The van der Waals surface area contributed by atoms with Gasteiger partial charge in [0.15, 0.2) is 0 Å². The number of para-hydroxylation sites is 1. The zero-order valence-electron chi connectivity index (χ0n) is 29.0. The summed E-state index contributed by atoms with van der Waals surface area (Å²) < 4.78 is 24.5. The fourth-order valence-electron chi connectivity index (χ4n) is 13.0. The standard InChI is InChI=1S/C38H57NO7/c1-8-43-31(34(5,6)42)24-20-22(2)28-29(45-24)30(40)38(39)26-15-14-25-33(3,4)27(46-32(41)44-23-12-10-9-11-13-23)16-17-36(25)21-37(26,36)19-18-35(28,38)7/h9-13,22,24-31,40,42H,8,14-21,39H2,1-7H3. The minimum atomic E-state index is -1.07. The lowest BCUT2D eigenvalue weighted by atomic mass is 9.43. The van der Waals surface area contributed by atoms with Crippen molar-refractivity contribution in [2.45, 2.75) is 141 Å². The van der Waals surface area contributed by atoms with E-state index in [9.17, 15) is 15.0 Å². The van der Waals surface area contributed by atoms with E-state index in [-0.39, 0.29) is 57.7 Å². The molecular weight excluding hydrogens is 582 g/mol. The van der Waals surface area contributed by atoms with E-state index in [1.54, 1.807) is 26.0 Å². The molecule has 256 valence electrons. The van der Waals surface area contributed by atoms with Crippen molar-refractivity contribution in [2.75, 3.05) is 6.61 Å². The number of fused-ring (bicyclic) bond motifs is 4. The number of ether oxygens (including phenoxy) is 4. The average Bonchev–Trinajstić information content (AvgIpc) is 3.62. The van der Waals surface area contributed by atoms with E-state index in [1.165, 1.54) is 0 Å². The van der Waals surface area contributed by atoms with E-state index in [0.29, 0.717) is 18.3 Å². The van der Waals surface area contributed by atoms with Crippen LogP contribution in [0, 0.1) is 45.3 Å². The van der Waals surface area contributed by atoms with Crippen LogP contribution < -0.4 is 10.5 Å². The Balaban J connectivity index is 1.13. The first-order valence-electron chi connectivity index (χ1n) is 18.0. The van der Waals surface area contributed by atoms with Gasteiger partial charge in [0.2, 0.25) is 0 Å². The van der Waals surface area contributed by atoms with Crippen LogP contribution in [-0.2, 0) is 14.2 Å². The molecule has 5 aliphatic carbocycles. The summed E-state index contributed by atoms with van der Waals surface area (Å²) in [4.78, 5) is 12.9. The predicted octanol–water partition coefficient (Wildman–Crippen LogP) is 6.25. The number of hydrogen-bond acceptors (Lipinski definition) is 8. The summed E-state index contributed by atoms with van der Waals surface area (Å²) in [6, 6.07) is 9.11. The van der Waals surface area contributed by atoms with Crippen molar-refractivity contribution in [3.8, 4) is 5.75 Å². The number of carbonyl (C=O) groups excluding carboxylic acids is 1. The van der Waals surface area contributed by atoms with Gasteiger partial charge in [0.05, 0.1) is 29.5 Å². The Morgan fingerprint density at radius 2 is 1.74 bits per heavy atom. The Morgan fingerprint density at radius 3 is 2.41 bits per heavy atom. The first-order valence-corrected chi connectivity index (χ1v) is 18.0. The Kier molecular flexibility index (Phi) is 7.59. The third-order valence-electron chi connectivity index (χ3n) is 14.8. The fourth-order valence-corrected chi connectivity index (χ4v) is 13.0. The van der Waals surface area contributed by atoms with Crippen molar-refractivity contribution < 1.29 is 34.0 Å². The van der Waals surface area contributed by atoms with Crippen LogP contribution in [0.15, 0.2) is 30.3 Å². The zero-order chi connectivity index (χ0) is 33.1. The largest absolute Gasteiger partial charge is 0.514 e. The van der Waals surface area contributed by atoms with Crippen LogP contribution >= 0.6 is 0 Å². The average molecular weight is 640 g/mol. The molecule has 0 aromatic heterocycles. The third-order valence-corrected chi connectivity index (χ3v) is 14.8. The normalized spacial score (nSPS) is 47.7. The molecule has 8 heteroatoms. The molecule has 1 aliphatic heterocycles. The predicted molar refractivity (Wildman–Crippen MR) is 174 cm³/mol. The second-order valence-corrected chi connectivity index (χ2v) is 17.5. The summed E-state index contributed by atoms with van der Waals surface area (Å²) in [5.41, 5.74) is 5.72. The number of aliphatic hydroxyl groups excluding tert-OH is 1. The Morgan fingerprint density at radius 1 is 1.07 bits per heavy atom. The molecule has 0 bridgehead atoms. The molecule has 6 aliphatic rings. The molecule has 1 aromatic carbocycles. The summed E-state index contributed by atoms with van der Waals surface area (Å²) in [7, 11) is 0. The lowest BCUT2D eigenvalue weighted by Crippen LogP contribution is -2.70. The molecule has 0 radical (unpaired) electrons. The highest BCUT2D eigenvalue weighted by Crippen LogP contribution is 2.87. The van der Waals surface area contributed by atoms with E-state index in [0.717, 1.165) is 51.4 Å². The van der Waals surface area contributed by atoms with Crippen molar-refractivity contribution in [1.29, 1.82) is 0 Å². The van der Waals surface area contributed by atoms with Gasteiger partial charge in [-0.15, -0.1) is 0 Å². The van der Waals surface area contributed by atoms with Crippen LogP contribution in [0.1, 0.15) is 99.8 Å². The molecule has 5 saturated carbocycles. The van der Waals surface area contributed by atoms with Gasteiger partial charge in [-0.2, -0.15) is 0 Å². The highest BCUT2D eigenvalue weighted by atomic mass is 16.7. The Hall–Kier alpha value is -1.71. The number of aliphatic hydroxyl groups is 2. The minimum Gasteiger partial charge on any atom is -0.430 e. The Labute approximate surface area is 275 Å². The summed E-state index contributed by atoms with van der Waals surface area (Å²) in [6.07, 6.45) is 5.01. The number of benzene rings is 1. The van der Waals surface area contributed by atoms with Gasteiger partial charge in [-0.05, 0) is 124 Å². The lowest BCUT2D eigenvalue weighted by molar-refractivity contribution is -0.214. The molecule has 6 fully saturated rings. The maximum atomic E-state index is 12.9. The molecule has 8 nitrogen and oxygen atoms in total. The van der Waals surface area contributed by atoms with Crippen LogP contribution in [0.4, 0.5) is 4.79 Å². The van der Waals surface area contributed by atoms with Gasteiger partial charge in [0.1, 0.15) is 18.0 Å². The van der Waals surface area contributed by atoms with E-state index in [1.807, 2.05) is 25.1 Å². The molecule has 2 spiro atoms. The van der Waals surface area contributed by atoms with Gasteiger partial charge in [-0.25, -0.2) is 4.79 Å². The van der Waals surface area contributed by atoms with Crippen LogP contribution in [0.25, 0.3) is 0 Å². The van der Waals surface area contributed by atoms with Gasteiger partial charge in [-0.1, -0.05) is 45.9 Å². The number of hydrogen-bond donors (Lipinski definition) is 3. The van der Waals surface area contributed by atoms with Crippen LogP contribution in [-0.4, -0.2) is 64.6 Å². The zero-order valence-corrected chi connectivity index (χ0v) is 29.0. The maximum Gasteiger partial charge on any atom is 0.514 e. The molecule has 7 rings (SSSR count). The quantitative estimate of drug-likeness (QED) is 0.247. The first kappa shape index (κ1) is 32.8. The molecule has 0 amide bonds. The lowest BCUT2D eigenvalue weighted by Gasteiger charge is -2.63. The minimum absolute atomic E-state index is 0.0923. The topological polar surface area (TPSA) is 120 Å². The van der Waals surface area contributed by atoms with E-state index in [4.69, 9.17) is 24.7 Å². The third kappa shape index (κ3) is 4.31. The van der Waals surface area contributed by atoms with Crippen molar-refractivity contribution in [3.63, 3.8) is 0 Å². The van der Waals surface area contributed by atoms with Gasteiger partial charge in [-0.3, -0.25) is 0 Å². The van der Waals surface area contributed by atoms with Crippen LogP contribution in [0.3, 0.4) is 0 Å². The molecule has 4 N–H and O–H groups in total. The van der Waals surface area contributed by atoms with Crippen LogP contribution in [0.5, 0.6) is 5.75 Å². The molecule has 13 atom stereocenters. The summed E-state index contributed by atoms with van der Waals surface area (Å²) >= 11 is 0. The molecule has 13 unspecified atom stereocenters. The van der Waals surface area contributed by atoms with E-state index < -0.39 is 29.5 Å². The number of nitrogens with two attached hydrogens (primary N) is 1. The number of rotatable bonds is 6. The van der Waals surface area contributed by atoms with Crippen molar-refractivity contribution in [2.24, 2.45) is 51.1 Å².